The highest BCUT2D eigenvalue weighted by Crippen LogP contribution is 2.12. The molecule has 2 atom stereocenters. The van der Waals surface area contributed by atoms with E-state index in [0.717, 1.165) is 0 Å². The Kier molecular flexibility index (Phi) is 5.90. The molecule has 1 aromatic carbocycles. The Labute approximate surface area is 123 Å². The first-order valence-corrected chi connectivity index (χ1v) is 6.76. The molecule has 21 heavy (non-hydrogen) atoms. The first-order valence-electron chi connectivity index (χ1n) is 6.76. The van der Waals surface area contributed by atoms with Crippen molar-refractivity contribution < 1.29 is 19.5 Å². The van der Waals surface area contributed by atoms with Gasteiger partial charge >= 0.3 is 5.97 Å². The molecule has 0 aliphatic carbocycles. The highest BCUT2D eigenvalue weighted by Gasteiger charge is 2.25. The van der Waals surface area contributed by atoms with Gasteiger partial charge < -0.3 is 15.7 Å². The first kappa shape index (κ1) is 16.7. The summed E-state index contributed by atoms with van der Waals surface area (Å²) in [5.74, 6) is -1.86. The molecule has 0 fully saturated rings. The number of rotatable bonds is 6. The van der Waals surface area contributed by atoms with Gasteiger partial charge in [-0.1, -0.05) is 20.3 Å². The van der Waals surface area contributed by atoms with E-state index >= 15 is 0 Å². The van der Waals surface area contributed by atoms with Crippen LogP contribution in [0.5, 0.6) is 0 Å². The highest BCUT2D eigenvalue weighted by molar-refractivity contribution is 5.97. The molecule has 6 heteroatoms. The van der Waals surface area contributed by atoms with Crippen molar-refractivity contribution in [1.29, 1.82) is 0 Å². The van der Waals surface area contributed by atoms with Crippen LogP contribution in [0.1, 0.15) is 37.6 Å². The van der Waals surface area contributed by atoms with E-state index in [1.807, 2.05) is 6.92 Å². The normalized spacial score (nSPS) is 13.1. The number of benzene rings is 1. The van der Waals surface area contributed by atoms with E-state index in [9.17, 15) is 14.4 Å². The Morgan fingerprint density at radius 3 is 2.19 bits per heavy atom. The molecule has 0 saturated heterocycles. The summed E-state index contributed by atoms with van der Waals surface area (Å²) in [6.45, 7) is 5.04. The second kappa shape index (κ2) is 7.42. The third-order valence-corrected chi connectivity index (χ3v) is 3.23. The van der Waals surface area contributed by atoms with Gasteiger partial charge in [-0.25, -0.2) is 4.79 Å². The maximum atomic E-state index is 12.1. The van der Waals surface area contributed by atoms with Crippen molar-refractivity contribution in [3.63, 3.8) is 0 Å². The van der Waals surface area contributed by atoms with Crippen molar-refractivity contribution in [2.24, 2.45) is 5.92 Å². The fraction of sp³-hybridized carbons (Fsp3) is 0.400. The Balaban J connectivity index is 2.78. The van der Waals surface area contributed by atoms with E-state index in [2.05, 4.69) is 10.6 Å². The predicted molar refractivity (Wildman–Crippen MR) is 79.1 cm³/mol. The molecule has 0 aliphatic heterocycles. The van der Waals surface area contributed by atoms with Crippen LogP contribution < -0.4 is 10.6 Å². The number of nitrogens with one attached hydrogen (secondary N) is 2. The number of anilines is 1. The van der Waals surface area contributed by atoms with Gasteiger partial charge in [0.25, 0.3) is 5.91 Å². The fourth-order valence-corrected chi connectivity index (χ4v) is 1.82. The number of amides is 2. The number of hydrogen-bond acceptors (Lipinski definition) is 3. The van der Waals surface area contributed by atoms with Gasteiger partial charge in [-0.2, -0.15) is 0 Å². The number of aliphatic carboxylic acids is 1. The topological polar surface area (TPSA) is 95.5 Å². The van der Waals surface area contributed by atoms with Crippen LogP contribution in [0, 0.1) is 5.92 Å². The van der Waals surface area contributed by atoms with Crippen LogP contribution in [0.3, 0.4) is 0 Å². The average molecular weight is 292 g/mol. The van der Waals surface area contributed by atoms with E-state index in [-0.39, 0.29) is 11.8 Å². The van der Waals surface area contributed by atoms with Gasteiger partial charge in [0.05, 0.1) is 0 Å². The monoisotopic (exact) mass is 292 g/mol. The summed E-state index contributed by atoms with van der Waals surface area (Å²) in [5, 5.41) is 14.3. The zero-order valence-electron chi connectivity index (χ0n) is 12.3. The van der Waals surface area contributed by atoms with Crippen LogP contribution in [0.15, 0.2) is 24.3 Å². The molecule has 0 aromatic heterocycles. The lowest BCUT2D eigenvalue weighted by Gasteiger charge is -2.20. The van der Waals surface area contributed by atoms with Crippen molar-refractivity contribution >= 4 is 23.5 Å². The standard InChI is InChI=1S/C15H20N2O4/c1-4-9(2)13(15(20)21)17-14(19)11-5-7-12(8-6-11)16-10(3)18/h5-9,13H,4H2,1-3H3,(H,16,18)(H,17,19)(H,20,21). The number of hydrogen-bond donors (Lipinski definition) is 3. The molecule has 0 saturated carbocycles. The van der Waals surface area contributed by atoms with Gasteiger partial charge in [0.1, 0.15) is 6.04 Å². The van der Waals surface area contributed by atoms with Crippen molar-refractivity contribution in [3.8, 4) is 0 Å². The van der Waals surface area contributed by atoms with Crippen LogP contribution in [-0.2, 0) is 9.59 Å². The third kappa shape index (κ3) is 4.91. The lowest BCUT2D eigenvalue weighted by molar-refractivity contribution is -0.140. The minimum Gasteiger partial charge on any atom is -0.480 e. The van der Waals surface area contributed by atoms with Crippen LogP contribution in [0.2, 0.25) is 0 Å². The summed E-state index contributed by atoms with van der Waals surface area (Å²) < 4.78 is 0. The third-order valence-electron chi connectivity index (χ3n) is 3.23. The van der Waals surface area contributed by atoms with Gasteiger partial charge in [-0.3, -0.25) is 9.59 Å². The number of carbonyl (C=O) groups excluding carboxylic acids is 2. The molecule has 0 spiro atoms. The van der Waals surface area contributed by atoms with E-state index in [0.29, 0.717) is 17.7 Å². The predicted octanol–water partition coefficient (Wildman–Crippen LogP) is 1.87. The molecule has 0 heterocycles. The van der Waals surface area contributed by atoms with Gasteiger partial charge in [0.2, 0.25) is 5.91 Å². The molecule has 114 valence electrons. The summed E-state index contributed by atoms with van der Waals surface area (Å²) >= 11 is 0. The largest absolute Gasteiger partial charge is 0.480 e. The molecule has 1 rings (SSSR count). The summed E-state index contributed by atoms with van der Waals surface area (Å²) in [5.41, 5.74) is 0.925. The quantitative estimate of drug-likeness (QED) is 0.746. The number of carboxylic acid groups (broad SMARTS) is 1. The molecular formula is C15H20N2O4. The van der Waals surface area contributed by atoms with Crippen molar-refractivity contribution in [3.05, 3.63) is 29.8 Å². The number of carbonyl (C=O) groups is 3. The fourth-order valence-electron chi connectivity index (χ4n) is 1.82. The zero-order valence-corrected chi connectivity index (χ0v) is 12.3. The van der Waals surface area contributed by atoms with E-state index in [1.165, 1.54) is 19.1 Å². The average Bonchev–Trinajstić information content (AvgIpc) is 2.43. The molecule has 3 N–H and O–H groups in total. The maximum Gasteiger partial charge on any atom is 0.326 e. The van der Waals surface area contributed by atoms with Crippen LogP contribution in [0.25, 0.3) is 0 Å². The van der Waals surface area contributed by atoms with E-state index in [1.54, 1.807) is 19.1 Å². The van der Waals surface area contributed by atoms with Crippen molar-refractivity contribution in [2.45, 2.75) is 33.2 Å². The maximum absolute atomic E-state index is 12.1. The zero-order chi connectivity index (χ0) is 16.0. The van der Waals surface area contributed by atoms with Crippen LogP contribution in [-0.4, -0.2) is 28.9 Å². The molecular weight excluding hydrogens is 272 g/mol. The van der Waals surface area contributed by atoms with Crippen molar-refractivity contribution in [1.82, 2.24) is 5.32 Å². The Morgan fingerprint density at radius 1 is 1.19 bits per heavy atom. The SMILES string of the molecule is CCC(C)C(NC(=O)c1ccc(NC(C)=O)cc1)C(=O)O. The molecule has 0 radical (unpaired) electrons. The van der Waals surface area contributed by atoms with Gasteiger partial charge in [0.15, 0.2) is 0 Å². The Morgan fingerprint density at radius 2 is 1.76 bits per heavy atom. The van der Waals surface area contributed by atoms with Gasteiger partial charge in [-0.15, -0.1) is 0 Å². The van der Waals surface area contributed by atoms with E-state index in [4.69, 9.17) is 5.11 Å². The minimum absolute atomic E-state index is 0.162. The second-order valence-electron chi connectivity index (χ2n) is 4.93. The summed E-state index contributed by atoms with van der Waals surface area (Å²) in [7, 11) is 0. The first-order chi connectivity index (χ1) is 9.85. The summed E-state index contributed by atoms with van der Waals surface area (Å²) in [6.07, 6.45) is 0.652. The van der Waals surface area contributed by atoms with Gasteiger partial charge in [0, 0.05) is 18.2 Å². The van der Waals surface area contributed by atoms with Crippen molar-refractivity contribution in [2.75, 3.05) is 5.32 Å². The second-order valence-corrected chi connectivity index (χ2v) is 4.93. The minimum atomic E-state index is -1.05. The molecule has 2 unspecified atom stereocenters. The molecule has 1 aromatic rings. The Hall–Kier alpha value is -2.37. The lowest BCUT2D eigenvalue weighted by Crippen LogP contribution is -2.45. The van der Waals surface area contributed by atoms with Crippen LogP contribution >= 0.6 is 0 Å². The van der Waals surface area contributed by atoms with E-state index < -0.39 is 17.9 Å². The highest BCUT2D eigenvalue weighted by atomic mass is 16.4. The molecule has 6 nitrogen and oxygen atoms in total. The molecule has 2 amide bonds. The summed E-state index contributed by atoms with van der Waals surface area (Å²) in [4.78, 5) is 34.1. The summed E-state index contributed by atoms with van der Waals surface area (Å²) in [6, 6.07) is 5.34. The number of carboxylic acids is 1. The Bertz CT molecular complexity index is 525. The van der Waals surface area contributed by atoms with Gasteiger partial charge in [-0.05, 0) is 30.2 Å². The lowest BCUT2D eigenvalue weighted by atomic mass is 9.99. The van der Waals surface area contributed by atoms with Crippen LogP contribution in [0.4, 0.5) is 5.69 Å². The molecule has 0 aliphatic rings. The smallest absolute Gasteiger partial charge is 0.326 e. The molecule has 0 bridgehead atoms.